The summed E-state index contributed by atoms with van der Waals surface area (Å²) in [6, 6.07) is 4.19. The van der Waals surface area contributed by atoms with Gasteiger partial charge in [0.05, 0.1) is 4.92 Å². The highest BCUT2D eigenvalue weighted by Gasteiger charge is 2.08. The molecule has 0 atom stereocenters. The fourth-order valence-corrected chi connectivity index (χ4v) is 1.02. The average molecular weight is 212 g/mol. The molecule has 0 unspecified atom stereocenters. The zero-order valence-electron chi connectivity index (χ0n) is 7.17. The Morgan fingerprint density at radius 3 is 2.93 bits per heavy atom. The molecule has 0 bridgehead atoms. The zero-order valence-corrected chi connectivity index (χ0v) is 7.99. The number of rotatable bonds is 4. The first-order valence-corrected chi connectivity index (χ1v) is 4.20. The fourth-order valence-electron chi connectivity index (χ4n) is 0.955. The molecular formula is C8H8N2O3S. The van der Waals surface area contributed by atoms with E-state index >= 15 is 0 Å². The van der Waals surface area contributed by atoms with E-state index in [0.717, 1.165) is 5.55 Å². The third kappa shape index (κ3) is 2.40. The van der Waals surface area contributed by atoms with Crippen LogP contribution in [0.5, 0.6) is 0 Å². The molecule has 6 heteroatoms. The zero-order chi connectivity index (χ0) is 10.6. The maximum absolute atomic E-state index is 10.4. The van der Waals surface area contributed by atoms with Crippen molar-refractivity contribution in [2.75, 3.05) is 5.73 Å². The van der Waals surface area contributed by atoms with Gasteiger partial charge in [0.15, 0.2) is 0 Å². The van der Waals surface area contributed by atoms with Crippen LogP contribution >= 0.6 is 12.2 Å². The fraction of sp³-hybridized carbons (Fsp3) is 0.125. The van der Waals surface area contributed by atoms with E-state index in [1.165, 1.54) is 18.2 Å². The number of nitrogen functional groups attached to an aromatic ring is 1. The second-order valence-electron chi connectivity index (χ2n) is 2.55. The van der Waals surface area contributed by atoms with E-state index in [2.05, 4.69) is 12.2 Å². The summed E-state index contributed by atoms with van der Waals surface area (Å²) in [5, 5.41) is 10.4. The summed E-state index contributed by atoms with van der Waals surface area (Å²) >= 11 is 4.46. The Hall–Kier alpha value is -1.69. The first-order chi connectivity index (χ1) is 6.65. The van der Waals surface area contributed by atoms with Crippen LogP contribution in [0, 0.1) is 10.1 Å². The Labute approximate surface area is 85.6 Å². The lowest BCUT2D eigenvalue weighted by atomic mass is 10.2. The molecule has 0 saturated heterocycles. The van der Waals surface area contributed by atoms with Crippen LogP contribution in [0.25, 0.3) is 0 Å². The summed E-state index contributed by atoms with van der Waals surface area (Å²) in [7, 11) is 0. The molecule has 1 aromatic rings. The van der Waals surface area contributed by atoms with E-state index in [1.807, 2.05) is 0 Å². The van der Waals surface area contributed by atoms with Crippen molar-refractivity contribution >= 4 is 29.1 Å². The first kappa shape index (κ1) is 10.4. The molecule has 5 nitrogen and oxygen atoms in total. The smallest absolute Gasteiger partial charge is 0.269 e. The second kappa shape index (κ2) is 4.52. The number of nitro groups is 1. The third-order valence-corrected chi connectivity index (χ3v) is 1.78. The normalized spacial score (nSPS) is 9.43. The molecule has 0 fully saturated rings. The molecule has 74 valence electrons. The Morgan fingerprint density at radius 2 is 2.36 bits per heavy atom. The molecule has 0 radical (unpaired) electrons. The molecule has 0 aliphatic carbocycles. The van der Waals surface area contributed by atoms with Gasteiger partial charge in [0, 0.05) is 23.4 Å². The van der Waals surface area contributed by atoms with Crippen LogP contribution in [-0.4, -0.2) is 10.5 Å². The lowest BCUT2D eigenvalue weighted by molar-refractivity contribution is -0.384. The first-order valence-electron chi connectivity index (χ1n) is 3.73. The number of anilines is 1. The van der Waals surface area contributed by atoms with Gasteiger partial charge in [-0.15, -0.1) is 0 Å². The van der Waals surface area contributed by atoms with Gasteiger partial charge < -0.3 is 10.5 Å². The van der Waals surface area contributed by atoms with E-state index in [1.54, 1.807) is 0 Å². The topological polar surface area (TPSA) is 78.4 Å². The Balaban J connectivity index is 2.95. The van der Waals surface area contributed by atoms with Crippen molar-refractivity contribution in [2.24, 2.45) is 0 Å². The molecule has 14 heavy (non-hydrogen) atoms. The van der Waals surface area contributed by atoms with Crippen LogP contribution in [0.4, 0.5) is 11.4 Å². The summed E-state index contributed by atoms with van der Waals surface area (Å²) < 4.78 is 4.82. The molecule has 0 aliphatic heterocycles. The highest BCUT2D eigenvalue weighted by Crippen LogP contribution is 2.19. The van der Waals surface area contributed by atoms with Gasteiger partial charge in [-0.3, -0.25) is 10.1 Å². The van der Waals surface area contributed by atoms with Gasteiger partial charge in [-0.05, 0) is 18.3 Å². The molecule has 0 aromatic heterocycles. The summed E-state index contributed by atoms with van der Waals surface area (Å²) in [5.41, 5.74) is 7.67. The van der Waals surface area contributed by atoms with Gasteiger partial charge in [-0.25, -0.2) is 0 Å². The van der Waals surface area contributed by atoms with Gasteiger partial charge in [0.25, 0.3) is 5.69 Å². The standard InChI is InChI=1S/C8H8N2O3S/c9-8-2-1-7(10(11)12)3-6(8)4-13-5-14/h1-3,5H,4,9H2. The number of thiocarbonyl (C=S) groups is 1. The number of nitrogens with two attached hydrogens (primary N) is 1. The number of nitrogens with zero attached hydrogens (tertiary/aromatic N) is 1. The quantitative estimate of drug-likeness (QED) is 0.355. The van der Waals surface area contributed by atoms with Gasteiger partial charge in [0.1, 0.15) is 12.2 Å². The molecule has 1 aromatic carbocycles. The number of ether oxygens (including phenoxy) is 1. The number of benzene rings is 1. The molecular weight excluding hydrogens is 204 g/mol. The van der Waals surface area contributed by atoms with Gasteiger partial charge in [-0.1, -0.05) is 0 Å². The molecule has 0 heterocycles. The number of non-ortho nitro benzene ring substituents is 1. The van der Waals surface area contributed by atoms with Crippen molar-refractivity contribution in [3.8, 4) is 0 Å². The predicted octanol–water partition coefficient (Wildman–Crippen LogP) is 1.65. The summed E-state index contributed by atoms with van der Waals surface area (Å²) in [6.07, 6.45) is 0. The number of hydrogen-bond acceptors (Lipinski definition) is 5. The molecule has 0 saturated carbocycles. The maximum Gasteiger partial charge on any atom is 0.269 e. The van der Waals surface area contributed by atoms with E-state index in [4.69, 9.17) is 10.5 Å². The lowest BCUT2D eigenvalue weighted by Gasteiger charge is -2.03. The van der Waals surface area contributed by atoms with Crippen LogP contribution in [0.1, 0.15) is 5.56 Å². The summed E-state index contributed by atoms with van der Waals surface area (Å²) in [4.78, 5) is 9.95. The van der Waals surface area contributed by atoms with Gasteiger partial charge in [-0.2, -0.15) is 0 Å². The Morgan fingerprint density at radius 1 is 1.64 bits per heavy atom. The molecule has 0 spiro atoms. The summed E-state index contributed by atoms with van der Waals surface area (Å²) in [5.74, 6) is 0. The van der Waals surface area contributed by atoms with Crippen LogP contribution in [0.3, 0.4) is 0 Å². The van der Waals surface area contributed by atoms with Gasteiger partial charge >= 0.3 is 0 Å². The van der Waals surface area contributed by atoms with Crippen LogP contribution < -0.4 is 5.73 Å². The maximum atomic E-state index is 10.4. The summed E-state index contributed by atoms with van der Waals surface area (Å²) in [6.45, 7) is 0.150. The Bertz CT molecular complexity index is 368. The monoisotopic (exact) mass is 212 g/mol. The minimum atomic E-state index is -0.486. The predicted molar refractivity (Wildman–Crippen MR) is 56.0 cm³/mol. The second-order valence-corrected chi connectivity index (χ2v) is 2.74. The van der Waals surface area contributed by atoms with Crippen molar-refractivity contribution in [3.63, 3.8) is 0 Å². The highest BCUT2D eigenvalue weighted by atomic mass is 32.1. The van der Waals surface area contributed by atoms with Crippen molar-refractivity contribution in [2.45, 2.75) is 6.61 Å². The minimum Gasteiger partial charge on any atom is -0.485 e. The van der Waals surface area contributed by atoms with Crippen molar-refractivity contribution < 1.29 is 9.66 Å². The molecule has 2 N–H and O–H groups in total. The molecule has 0 aliphatic rings. The van der Waals surface area contributed by atoms with Crippen LogP contribution in [0.2, 0.25) is 0 Å². The number of nitro benzene ring substituents is 1. The Kier molecular flexibility index (Phi) is 3.35. The SMILES string of the molecule is Nc1ccc([N+](=O)[O-])cc1COC=S. The average Bonchev–Trinajstić information content (AvgIpc) is 2.16. The molecule has 0 amide bonds. The van der Waals surface area contributed by atoms with E-state index in [-0.39, 0.29) is 12.3 Å². The van der Waals surface area contributed by atoms with E-state index in [0.29, 0.717) is 11.3 Å². The molecule has 1 rings (SSSR count). The van der Waals surface area contributed by atoms with Crippen molar-refractivity contribution in [3.05, 3.63) is 33.9 Å². The minimum absolute atomic E-state index is 0.0119. The number of hydrogen-bond donors (Lipinski definition) is 1. The van der Waals surface area contributed by atoms with E-state index < -0.39 is 4.92 Å². The third-order valence-electron chi connectivity index (χ3n) is 1.64. The van der Waals surface area contributed by atoms with Gasteiger partial charge in [0.2, 0.25) is 0 Å². The van der Waals surface area contributed by atoms with Crippen molar-refractivity contribution in [1.29, 1.82) is 0 Å². The van der Waals surface area contributed by atoms with Crippen molar-refractivity contribution in [1.82, 2.24) is 0 Å². The van der Waals surface area contributed by atoms with Crippen LogP contribution in [-0.2, 0) is 11.3 Å². The van der Waals surface area contributed by atoms with Crippen LogP contribution in [0.15, 0.2) is 18.2 Å². The highest BCUT2D eigenvalue weighted by molar-refractivity contribution is 7.78. The van der Waals surface area contributed by atoms with E-state index in [9.17, 15) is 10.1 Å². The lowest BCUT2D eigenvalue weighted by Crippen LogP contribution is -1.98. The largest absolute Gasteiger partial charge is 0.485 e.